The summed E-state index contributed by atoms with van der Waals surface area (Å²) in [6.07, 6.45) is 2.24. The molecule has 0 bridgehead atoms. The van der Waals surface area contributed by atoms with E-state index in [9.17, 15) is 14.7 Å². The fourth-order valence-corrected chi connectivity index (χ4v) is 5.14. The number of carbonyl (C=O) groups is 2. The van der Waals surface area contributed by atoms with Gasteiger partial charge in [0.25, 0.3) is 5.91 Å². The van der Waals surface area contributed by atoms with Gasteiger partial charge in [0.2, 0.25) is 6.23 Å². The smallest absolute Gasteiger partial charge is 0.345 e. The van der Waals surface area contributed by atoms with Crippen molar-refractivity contribution in [2.45, 2.75) is 18.0 Å². The number of hydrogen-bond donors (Lipinski definition) is 3. The Labute approximate surface area is 193 Å². The summed E-state index contributed by atoms with van der Waals surface area (Å²) in [4.78, 5) is 27.2. The van der Waals surface area contributed by atoms with Gasteiger partial charge < -0.3 is 25.2 Å². The van der Waals surface area contributed by atoms with E-state index in [2.05, 4.69) is 10.2 Å². The first-order chi connectivity index (χ1) is 16.0. The van der Waals surface area contributed by atoms with Crippen LogP contribution >= 0.6 is 11.8 Å². The molecule has 2 aliphatic rings. The molecule has 0 spiro atoms. The first-order valence-corrected chi connectivity index (χ1v) is 11.1. The van der Waals surface area contributed by atoms with Crippen molar-refractivity contribution in [1.29, 1.82) is 0 Å². The van der Waals surface area contributed by atoms with Crippen molar-refractivity contribution < 1.29 is 24.2 Å². The van der Waals surface area contributed by atoms with Crippen molar-refractivity contribution in [2.24, 2.45) is 5.73 Å². The zero-order valence-corrected chi connectivity index (χ0v) is 18.1. The molecule has 2 aliphatic heterocycles. The number of aromatic nitrogens is 2. The maximum Gasteiger partial charge on any atom is 0.345 e. The van der Waals surface area contributed by atoms with E-state index in [4.69, 9.17) is 15.2 Å². The first kappa shape index (κ1) is 21.1. The number of aliphatic hydroxyl groups excluding tert-OH is 1. The molecule has 10 heteroatoms. The molecular weight excluding hydrogens is 444 g/mol. The van der Waals surface area contributed by atoms with E-state index in [0.717, 1.165) is 16.0 Å². The van der Waals surface area contributed by atoms with Crippen LogP contribution in [0.5, 0.6) is 11.5 Å². The number of nitrogens with zero attached hydrogens (tertiary/aromatic N) is 2. The number of benzene rings is 2. The van der Waals surface area contributed by atoms with Gasteiger partial charge in [-0.15, -0.1) is 0 Å². The van der Waals surface area contributed by atoms with E-state index in [1.165, 1.54) is 16.7 Å². The Kier molecular flexibility index (Phi) is 5.53. The molecule has 5 rings (SSSR count). The summed E-state index contributed by atoms with van der Waals surface area (Å²) in [6, 6.07) is 14.2. The lowest BCUT2D eigenvalue weighted by atomic mass is 10.0. The Morgan fingerprint density at radius 3 is 2.79 bits per heavy atom. The Morgan fingerprint density at radius 1 is 1.24 bits per heavy atom. The normalized spacial score (nSPS) is 18.1. The number of carbonyl (C=O) groups excluding carboxylic acids is 2. The minimum absolute atomic E-state index is 0.368. The summed E-state index contributed by atoms with van der Waals surface area (Å²) in [6.45, 7) is 0.370. The van der Waals surface area contributed by atoms with Gasteiger partial charge >= 0.3 is 5.97 Å². The summed E-state index contributed by atoms with van der Waals surface area (Å²) in [7, 11) is 0. The molecule has 3 heterocycles. The third kappa shape index (κ3) is 3.94. The third-order valence-corrected chi connectivity index (χ3v) is 6.69. The van der Waals surface area contributed by atoms with E-state index in [1.807, 2.05) is 24.3 Å². The lowest BCUT2D eigenvalue weighted by molar-refractivity contribution is -0.142. The Hall–Kier alpha value is -3.76. The number of para-hydroxylation sites is 1. The molecule has 0 radical (unpaired) electrons. The predicted molar refractivity (Wildman–Crippen MR) is 122 cm³/mol. The highest BCUT2D eigenvalue weighted by molar-refractivity contribution is 8.04. The molecule has 9 nitrogen and oxygen atoms in total. The van der Waals surface area contributed by atoms with Gasteiger partial charge in [-0.25, -0.2) is 4.79 Å². The van der Waals surface area contributed by atoms with Crippen molar-refractivity contribution in [3.8, 4) is 22.6 Å². The highest BCUT2D eigenvalue weighted by Crippen LogP contribution is 2.49. The minimum Gasteiger partial charge on any atom is -0.492 e. The van der Waals surface area contributed by atoms with Gasteiger partial charge in [-0.1, -0.05) is 36.0 Å². The number of rotatable bonds is 5. The van der Waals surface area contributed by atoms with Gasteiger partial charge in [-0.3, -0.25) is 9.89 Å². The number of aliphatic hydroxyl groups is 1. The van der Waals surface area contributed by atoms with Crippen molar-refractivity contribution >= 4 is 29.3 Å². The largest absolute Gasteiger partial charge is 0.492 e. The molecule has 0 saturated carbocycles. The molecule has 2 aromatic carbocycles. The molecule has 1 aromatic heterocycles. The quantitative estimate of drug-likeness (QED) is 0.387. The van der Waals surface area contributed by atoms with Crippen LogP contribution < -0.4 is 15.2 Å². The van der Waals surface area contributed by atoms with Crippen LogP contribution in [-0.4, -0.2) is 50.3 Å². The average molecular weight is 465 g/mol. The maximum atomic E-state index is 13.1. The van der Waals surface area contributed by atoms with Crippen LogP contribution in [0.15, 0.2) is 65.8 Å². The van der Waals surface area contributed by atoms with E-state index >= 15 is 0 Å². The number of nitrogens with two attached hydrogens (primary N) is 1. The standard InChI is InChI=1S/C23H20N4O5S/c24-20(28)21(29)27-19-16-7-6-13(14-11-25-26-12-14)10-17(16)31-9-8-18(19)33-22(27)23(30)32-15-4-2-1-3-5-15/h1-7,10-12,21-22,29H,8-9H2,(H2,24,28)(H,25,26). The van der Waals surface area contributed by atoms with Crippen LogP contribution in [0.1, 0.15) is 12.0 Å². The molecule has 1 amide bonds. The molecule has 0 aliphatic carbocycles. The summed E-state index contributed by atoms with van der Waals surface area (Å²) in [5.41, 5.74) is 8.41. The number of amides is 1. The summed E-state index contributed by atoms with van der Waals surface area (Å²) >= 11 is 1.22. The van der Waals surface area contributed by atoms with Crippen LogP contribution in [-0.2, 0) is 9.59 Å². The van der Waals surface area contributed by atoms with Gasteiger partial charge in [0, 0.05) is 28.6 Å². The summed E-state index contributed by atoms with van der Waals surface area (Å²) in [5, 5.41) is 16.5. The van der Waals surface area contributed by atoms with E-state index < -0.39 is 23.5 Å². The van der Waals surface area contributed by atoms with Gasteiger partial charge in [0.1, 0.15) is 11.5 Å². The molecule has 168 valence electrons. The van der Waals surface area contributed by atoms with Gasteiger partial charge in [0.15, 0.2) is 5.37 Å². The lowest BCUT2D eigenvalue weighted by Crippen LogP contribution is -2.49. The van der Waals surface area contributed by atoms with Crippen molar-refractivity contribution in [3.63, 3.8) is 0 Å². The Morgan fingerprint density at radius 2 is 2.06 bits per heavy atom. The zero-order chi connectivity index (χ0) is 22.9. The number of fused-ring (bicyclic) bond motifs is 2. The number of nitrogens with one attached hydrogen (secondary N) is 1. The molecular formula is C23H20N4O5S. The van der Waals surface area contributed by atoms with Crippen molar-refractivity contribution in [1.82, 2.24) is 15.1 Å². The second kappa shape index (κ2) is 8.64. The van der Waals surface area contributed by atoms with Gasteiger partial charge in [-0.2, -0.15) is 5.10 Å². The number of hydrogen-bond acceptors (Lipinski definition) is 8. The molecule has 0 saturated heterocycles. The fourth-order valence-electron chi connectivity index (χ4n) is 3.86. The number of ether oxygens (including phenoxy) is 2. The molecule has 3 aromatic rings. The lowest BCUT2D eigenvalue weighted by Gasteiger charge is -2.31. The first-order valence-electron chi connectivity index (χ1n) is 10.2. The average Bonchev–Trinajstić information content (AvgIpc) is 3.44. The minimum atomic E-state index is -1.72. The maximum absolute atomic E-state index is 13.1. The number of aromatic amines is 1. The number of primary amides is 1. The van der Waals surface area contributed by atoms with Crippen LogP contribution in [0, 0.1) is 0 Å². The van der Waals surface area contributed by atoms with Crippen LogP contribution in [0.25, 0.3) is 16.8 Å². The SMILES string of the molecule is NC(=O)C(O)N1C2=C(CCOc3cc(-c4cn[nH]c4)ccc32)SC1C(=O)Oc1ccccc1. The second-order valence-corrected chi connectivity index (χ2v) is 8.63. The number of esters is 1. The van der Waals surface area contributed by atoms with Crippen LogP contribution in [0.3, 0.4) is 0 Å². The number of H-pyrrole nitrogens is 1. The third-order valence-electron chi connectivity index (χ3n) is 5.37. The molecule has 33 heavy (non-hydrogen) atoms. The monoisotopic (exact) mass is 464 g/mol. The number of thioether (sulfide) groups is 1. The molecule has 2 unspecified atom stereocenters. The van der Waals surface area contributed by atoms with E-state index in [0.29, 0.717) is 35.8 Å². The second-order valence-electron chi connectivity index (χ2n) is 7.46. The molecule has 2 atom stereocenters. The van der Waals surface area contributed by atoms with Crippen molar-refractivity contribution in [2.75, 3.05) is 6.61 Å². The Bertz CT molecular complexity index is 1230. The van der Waals surface area contributed by atoms with E-state index in [1.54, 1.807) is 36.7 Å². The van der Waals surface area contributed by atoms with E-state index in [-0.39, 0.29) is 0 Å². The molecule has 4 N–H and O–H groups in total. The highest BCUT2D eigenvalue weighted by atomic mass is 32.2. The van der Waals surface area contributed by atoms with Crippen LogP contribution in [0.4, 0.5) is 0 Å². The highest BCUT2D eigenvalue weighted by Gasteiger charge is 2.45. The van der Waals surface area contributed by atoms with Gasteiger partial charge in [-0.05, 0) is 29.8 Å². The summed E-state index contributed by atoms with van der Waals surface area (Å²) < 4.78 is 11.5. The van der Waals surface area contributed by atoms with Gasteiger partial charge in [0.05, 0.1) is 18.5 Å². The van der Waals surface area contributed by atoms with Crippen LogP contribution in [0.2, 0.25) is 0 Å². The molecule has 0 fully saturated rings. The predicted octanol–water partition coefficient (Wildman–Crippen LogP) is 2.31. The summed E-state index contributed by atoms with van der Waals surface area (Å²) in [5.74, 6) is -0.647. The van der Waals surface area contributed by atoms with Crippen molar-refractivity contribution in [3.05, 3.63) is 71.4 Å². The Balaban J connectivity index is 1.53. The fraction of sp³-hybridized carbons (Fsp3) is 0.174. The zero-order valence-electron chi connectivity index (χ0n) is 17.3. The topological polar surface area (TPSA) is 131 Å².